The van der Waals surface area contributed by atoms with Crippen molar-refractivity contribution in [3.8, 4) is 0 Å². The molecule has 3 fully saturated rings. The van der Waals surface area contributed by atoms with E-state index < -0.39 is 0 Å². The predicted molar refractivity (Wildman–Crippen MR) is 108 cm³/mol. The summed E-state index contributed by atoms with van der Waals surface area (Å²) >= 11 is 0. The summed E-state index contributed by atoms with van der Waals surface area (Å²) in [5, 5.41) is 3.52. The maximum absolute atomic E-state index is 3.52. The van der Waals surface area contributed by atoms with E-state index in [1.54, 1.807) is 0 Å². The normalized spacial score (nSPS) is 26.2. The Morgan fingerprint density at radius 2 is 1.44 bits per heavy atom. The minimum atomic E-state index is 0.419. The van der Waals surface area contributed by atoms with Crippen molar-refractivity contribution >= 4 is 0 Å². The first-order chi connectivity index (χ1) is 12.1. The van der Waals surface area contributed by atoms with Gasteiger partial charge in [-0.15, -0.1) is 0 Å². The van der Waals surface area contributed by atoms with Crippen LogP contribution in [0.25, 0.3) is 0 Å². The lowest BCUT2D eigenvalue weighted by Crippen LogP contribution is -2.46. The molecule has 3 aliphatic rings. The minimum absolute atomic E-state index is 0.419. The number of piperidine rings is 3. The van der Waals surface area contributed by atoms with Gasteiger partial charge in [0.25, 0.3) is 0 Å². The van der Waals surface area contributed by atoms with Crippen molar-refractivity contribution in [3.05, 3.63) is 0 Å². The number of unbranched alkanes of at least 4 members (excludes halogenated alkanes) is 1. The van der Waals surface area contributed by atoms with Gasteiger partial charge in [0.05, 0.1) is 0 Å². The average molecular weight is 350 g/mol. The number of rotatable bonds is 7. The molecule has 3 aliphatic heterocycles. The van der Waals surface area contributed by atoms with Gasteiger partial charge in [-0.25, -0.2) is 0 Å². The summed E-state index contributed by atoms with van der Waals surface area (Å²) in [4.78, 5) is 5.51. The standard InChI is InChI=1S/C22H43N3/c1-22(2,25-16-5-3-6-17-25)12-4-7-15-24-18-10-21(11-19-24)20-8-13-23-14-9-20/h20-21,23H,3-19H2,1-2H3. The molecule has 25 heavy (non-hydrogen) atoms. The Morgan fingerprint density at radius 3 is 2.12 bits per heavy atom. The van der Waals surface area contributed by atoms with E-state index in [9.17, 15) is 0 Å². The zero-order valence-electron chi connectivity index (χ0n) is 17.1. The molecule has 3 heterocycles. The van der Waals surface area contributed by atoms with Crippen LogP contribution in [0.2, 0.25) is 0 Å². The van der Waals surface area contributed by atoms with Crippen LogP contribution in [0.4, 0.5) is 0 Å². The van der Waals surface area contributed by atoms with Gasteiger partial charge in [0.15, 0.2) is 0 Å². The molecule has 0 aromatic carbocycles. The zero-order valence-corrected chi connectivity index (χ0v) is 17.1. The molecule has 0 aromatic heterocycles. The zero-order chi connectivity index (χ0) is 17.5. The molecule has 1 N–H and O–H groups in total. The lowest BCUT2D eigenvalue weighted by Gasteiger charge is -2.41. The summed E-state index contributed by atoms with van der Waals surface area (Å²) < 4.78 is 0. The smallest absolute Gasteiger partial charge is 0.0153 e. The molecule has 146 valence electrons. The van der Waals surface area contributed by atoms with Gasteiger partial charge in [0.1, 0.15) is 0 Å². The van der Waals surface area contributed by atoms with Crippen LogP contribution >= 0.6 is 0 Å². The third kappa shape index (κ3) is 5.94. The second kappa shape index (κ2) is 9.71. The predicted octanol–water partition coefficient (Wildman–Crippen LogP) is 4.13. The van der Waals surface area contributed by atoms with E-state index in [0.717, 1.165) is 11.8 Å². The summed E-state index contributed by atoms with van der Waals surface area (Å²) in [6.45, 7) is 14.2. The maximum Gasteiger partial charge on any atom is 0.0153 e. The monoisotopic (exact) mass is 349 g/mol. The lowest BCUT2D eigenvalue weighted by atomic mass is 9.79. The van der Waals surface area contributed by atoms with Crippen molar-refractivity contribution in [1.82, 2.24) is 15.1 Å². The Kier molecular flexibility index (Phi) is 7.63. The Hall–Kier alpha value is -0.120. The Balaban J connectivity index is 1.28. The second-order valence-corrected chi connectivity index (χ2v) is 9.58. The van der Waals surface area contributed by atoms with Gasteiger partial charge in [-0.05, 0) is 123 Å². The van der Waals surface area contributed by atoms with E-state index in [1.807, 2.05) is 0 Å². The van der Waals surface area contributed by atoms with Gasteiger partial charge >= 0.3 is 0 Å². The van der Waals surface area contributed by atoms with E-state index in [1.165, 1.54) is 110 Å². The summed E-state index contributed by atoms with van der Waals surface area (Å²) in [7, 11) is 0. The largest absolute Gasteiger partial charge is 0.317 e. The highest BCUT2D eigenvalue weighted by Crippen LogP contribution is 2.31. The second-order valence-electron chi connectivity index (χ2n) is 9.58. The highest BCUT2D eigenvalue weighted by Gasteiger charge is 2.29. The van der Waals surface area contributed by atoms with Crippen molar-refractivity contribution < 1.29 is 0 Å². The van der Waals surface area contributed by atoms with Gasteiger partial charge in [-0.3, -0.25) is 4.90 Å². The molecule has 3 saturated heterocycles. The topological polar surface area (TPSA) is 18.5 Å². The molecule has 0 atom stereocenters. The summed E-state index contributed by atoms with van der Waals surface area (Å²) in [5.74, 6) is 2.05. The minimum Gasteiger partial charge on any atom is -0.317 e. The van der Waals surface area contributed by atoms with Crippen molar-refractivity contribution in [2.45, 2.75) is 83.6 Å². The quantitative estimate of drug-likeness (QED) is 0.697. The van der Waals surface area contributed by atoms with Crippen molar-refractivity contribution in [1.29, 1.82) is 0 Å². The van der Waals surface area contributed by atoms with Crippen molar-refractivity contribution in [2.24, 2.45) is 11.8 Å². The Bertz CT molecular complexity index is 361. The molecule has 3 rings (SSSR count). The number of nitrogens with zero attached hydrogens (tertiary/aromatic N) is 2. The molecule has 3 heteroatoms. The molecule has 0 bridgehead atoms. The first-order valence-electron chi connectivity index (χ1n) is 11.3. The molecule has 0 aromatic rings. The van der Waals surface area contributed by atoms with Gasteiger partial charge < -0.3 is 10.2 Å². The van der Waals surface area contributed by atoms with Crippen LogP contribution in [0.5, 0.6) is 0 Å². The number of nitrogens with one attached hydrogen (secondary N) is 1. The first kappa shape index (κ1) is 19.6. The van der Waals surface area contributed by atoms with Crippen LogP contribution in [-0.2, 0) is 0 Å². The fourth-order valence-electron chi connectivity index (χ4n) is 5.51. The SMILES string of the molecule is CC(C)(CCCCN1CCC(C2CCNCC2)CC1)N1CCCCC1. The van der Waals surface area contributed by atoms with E-state index in [-0.39, 0.29) is 0 Å². The molecule has 3 nitrogen and oxygen atoms in total. The third-order valence-corrected chi connectivity index (χ3v) is 7.41. The Morgan fingerprint density at radius 1 is 0.800 bits per heavy atom. The highest BCUT2D eigenvalue weighted by atomic mass is 15.2. The van der Waals surface area contributed by atoms with Crippen LogP contribution in [0.15, 0.2) is 0 Å². The molecule has 0 aliphatic carbocycles. The van der Waals surface area contributed by atoms with E-state index >= 15 is 0 Å². The maximum atomic E-state index is 3.52. The molecule has 0 radical (unpaired) electrons. The van der Waals surface area contributed by atoms with E-state index in [2.05, 4.69) is 29.0 Å². The molecule has 0 spiro atoms. The van der Waals surface area contributed by atoms with E-state index in [4.69, 9.17) is 0 Å². The van der Waals surface area contributed by atoms with Crippen LogP contribution in [0.3, 0.4) is 0 Å². The van der Waals surface area contributed by atoms with Crippen LogP contribution in [0.1, 0.15) is 78.1 Å². The average Bonchev–Trinajstić information content (AvgIpc) is 2.67. The molecular weight excluding hydrogens is 306 g/mol. The molecular formula is C22H43N3. The third-order valence-electron chi connectivity index (χ3n) is 7.41. The molecule has 0 saturated carbocycles. The number of hydrogen-bond donors (Lipinski definition) is 1. The Labute approximate surface area is 156 Å². The van der Waals surface area contributed by atoms with Gasteiger partial charge in [-0.1, -0.05) is 12.8 Å². The summed E-state index contributed by atoms with van der Waals surface area (Å²) in [6, 6.07) is 0. The number of hydrogen-bond acceptors (Lipinski definition) is 3. The fourth-order valence-corrected chi connectivity index (χ4v) is 5.51. The first-order valence-corrected chi connectivity index (χ1v) is 11.3. The van der Waals surface area contributed by atoms with Gasteiger partial charge in [0.2, 0.25) is 0 Å². The van der Waals surface area contributed by atoms with Crippen molar-refractivity contribution in [3.63, 3.8) is 0 Å². The molecule has 0 unspecified atom stereocenters. The summed E-state index contributed by atoms with van der Waals surface area (Å²) in [6.07, 6.45) is 14.2. The van der Waals surface area contributed by atoms with Gasteiger partial charge in [0, 0.05) is 5.54 Å². The fraction of sp³-hybridized carbons (Fsp3) is 1.00. The van der Waals surface area contributed by atoms with Crippen LogP contribution < -0.4 is 5.32 Å². The van der Waals surface area contributed by atoms with Crippen LogP contribution in [0, 0.1) is 11.8 Å². The highest BCUT2D eigenvalue weighted by molar-refractivity contribution is 4.84. The molecule has 0 amide bonds. The summed E-state index contributed by atoms with van der Waals surface area (Å²) in [5.41, 5.74) is 0.419. The van der Waals surface area contributed by atoms with E-state index in [0.29, 0.717) is 5.54 Å². The van der Waals surface area contributed by atoms with Crippen LogP contribution in [-0.4, -0.2) is 61.2 Å². The number of likely N-dealkylation sites (tertiary alicyclic amines) is 2. The lowest BCUT2D eigenvalue weighted by molar-refractivity contribution is 0.0832. The van der Waals surface area contributed by atoms with Gasteiger partial charge in [-0.2, -0.15) is 0 Å². The van der Waals surface area contributed by atoms with Crippen molar-refractivity contribution in [2.75, 3.05) is 45.8 Å².